The fraction of sp³-hybridized carbons (Fsp3) is 0.895. The van der Waals surface area contributed by atoms with Crippen molar-refractivity contribution in [2.75, 3.05) is 79.1 Å². The van der Waals surface area contributed by atoms with Crippen molar-refractivity contribution in [3.63, 3.8) is 0 Å². The highest BCUT2D eigenvalue weighted by Crippen LogP contribution is 2.31. The molecule has 0 aromatic rings. The van der Waals surface area contributed by atoms with Crippen LogP contribution in [0.2, 0.25) is 0 Å². The molecule has 1 saturated heterocycles. The summed E-state index contributed by atoms with van der Waals surface area (Å²) in [5.41, 5.74) is -1.74. The van der Waals surface area contributed by atoms with Crippen LogP contribution < -0.4 is 0 Å². The van der Waals surface area contributed by atoms with E-state index < -0.39 is 22.8 Å². The molecule has 0 N–H and O–H groups in total. The highest BCUT2D eigenvalue weighted by atomic mass is 32.2. The van der Waals surface area contributed by atoms with Crippen molar-refractivity contribution in [2.45, 2.75) is 240 Å². The summed E-state index contributed by atoms with van der Waals surface area (Å²) in [6.07, 6.45) is 24.1. The number of esters is 5. The molecule has 15 nitrogen and oxygen atoms in total. The molecule has 1 heterocycles. The van der Waals surface area contributed by atoms with E-state index in [-0.39, 0.29) is 101 Å². The van der Waals surface area contributed by atoms with E-state index in [1.807, 2.05) is 21.0 Å². The van der Waals surface area contributed by atoms with Gasteiger partial charge >= 0.3 is 29.8 Å². The van der Waals surface area contributed by atoms with Crippen LogP contribution in [0.25, 0.3) is 0 Å². The van der Waals surface area contributed by atoms with E-state index in [1.165, 1.54) is 37.4 Å². The number of unbranched alkanes of at least 4 members (excludes halogenated alkanes) is 16. The molecule has 1 rings (SSSR count). The van der Waals surface area contributed by atoms with E-state index in [0.29, 0.717) is 37.9 Å². The average Bonchev–Trinajstić information content (AvgIpc) is 4.13. The van der Waals surface area contributed by atoms with Gasteiger partial charge in [0.1, 0.15) is 39.1 Å². The van der Waals surface area contributed by atoms with Crippen LogP contribution in [0, 0.1) is 10.8 Å². The van der Waals surface area contributed by atoms with Gasteiger partial charge in [-0.25, -0.2) is 0 Å². The van der Waals surface area contributed by atoms with E-state index in [1.54, 1.807) is 11.8 Å². The van der Waals surface area contributed by atoms with Crippen molar-refractivity contribution in [1.29, 1.82) is 0 Å². The van der Waals surface area contributed by atoms with Crippen LogP contribution in [-0.4, -0.2) is 136 Å². The summed E-state index contributed by atoms with van der Waals surface area (Å²) < 4.78 is 40.4. The molecule has 16 heteroatoms. The maximum absolute atomic E-state index is 13.5. The third-order valence-electron chi connectivity index (χ3n) is 12.9. The van der Waals surface area contributed by atoms with E-state index in [9.17, 15) is 28.8 Å². The third kappa shape index (κ3) is 38.3. The van der Waals surface area contributed by atoms with Crippen molar-refractivity contribution >= 4 is 46.8 Å². The van der Waals surface area contributed by atoms with Crippen molar-refractivity contribution in [3.8, 4) is 0 Å². The molecule has 0 spiro atoms. The first-order valence-electron chi connectivity index (χ1n) is 28.7. The van der Waals surface area contributed by atoms with Crippen LogP contribution in [0.5, 0.6) is 0 Å². The van der Waals surface area contributed by atoms with E-state index in [2.05, 4.69) is 32.6 Å². The van der Waals surface area contributed by atoms with Crippen LogP contribution in [0.15, 0.2) is 0 Å². The Morgan fingerprint density at radius 3 is 1.15 bits per heavy atom. The molecular formula is C57H104N2O13S. The number of rotatable bonds is 49. The number of amides is 1. The van der Waals surface area contributed by atoms with Gasteiger partial charge < -0.3 is 43.0 Å². The maximum Gasteiger partial charge on any atom is 0.305 e. The molecule has 0 aromatic carbocycles. The van der Waals surface area contributed by atoms with Crippen molar-refractivity contribution < 1.29 is 61.9 Å². The Hall–Kier alpha value is -2.95. The van der Waals surface area contributed by atoms with E-state index >= 15 is 0 Å². The van der Waals surface area contributed by atoms with E-state index in [0.717, 1.165) is 122 Å². The molecule has 0 aliphatic carbocycles. The second kappa shape index (κ2) is 43.2. The lowest BCUT2D eigenvalue weighted by atomic mass is 9.94. The predicted molar refractivity (Wildman–Crippen MR) is 290 cm³/mol. The van der Waals surface area contributed by atoms with Gasteiger partial charge in [0, 0.05) is 50.9 Å². The Morgan fingerprint density at radius 2 is 0.781 bits per heavy atom. The summed E-state index contributed by atoms with van der Waals surface area (Å²) >= 11 is 1.22. The molecule has 73 heavy (non-hydrogen) atoms. The second-order valence-corrected chi connectivity index (χ2v) is 22.5. The number of nitrogens with zero attached hydrogens (tertiary/aromatic N) is 2. The summed E-state index contributed by atoms with van der Waals surface area (Å²) in [5.74, 6) is -1.24. The Kier molecular flexibility index (Phi) is 40.3. The summed E-state index contributed by atoms with van der Waals surface area (Å²) in [6, 6.07) is 0. The van der Waals surface area contributed by atoms with Crippen LogP contribution >= 0.6 is 11.8 Å². The van der Waals surface area contributed by atoms with Gasteiger partial charge in [-0.3, -0.25) is 28.8 Å². The van der Waals surface area contributed by atoms with Crippen LogP contribution in [0.3, 0.4) is 0 Å². The molecule has 1 amide bonds. The third-order valence-corrected chi connectivity index (χ3v) is 13.9. The zero-order valence-electron chi connectivity index (χ0n) is 47.3. The summed E-state index contributed by atoms with van der Waals surface area (Å²) in [6.45, 7) is 13.6. The fourth-order valence-corrected chi connectivity index (χ4v) is 8.78. The topological polar surface area (TPSA) is 177 Å². The number of ether oxygens (including phenoxy) is 7. The summed E-state index contributed by atoms with van der Waals surface area (Å²) in [4.78, 5) is 81.7. The van der Waals surface area contributed by atoms with Crippen LogP contribution in [-0.2, 0) is 57.1 Å². The van der Waals surface area contributed by atoms with Crippen molar-refractivity contribution in [2.24, 2.45) is 10.8 Å². The normalized spacial score (nSPS) is 15.1. The molecule has 426 valence electrons. The molecule has 1 fully saturated rings. The number of carbonyl (C=O) groups is 6. The van der Waals surface area contributed by atoms with E-state index in [4.69, 9.17) is 33.2 Å². The van der Waals surface area contributed by atoms with Gasteiger partial charge in [-0.05, 0) is 72.5 Å². The first kappa shape index (κ1) is 68.1. The molecule has 1 aliphatic rings. The predicted octanol–water partition coefficient (Wildman–Crippen LogP) is 12.6. The zero-order valence-corrected chi connectivity index (χ0v) is 48.2. The summed E-state index contributed by atoms with van der Waals surface area (Å²) in [7, 11) is 3.97. The number of epoxide rings is 1. The van der Waals surface area contributed by atoms with Gasteiger partial charge in [-0.2, -0.15) is 0 Å². The highest BCUT2D eigenvalue weighted by Gasteiger charge is 2.42. The largest absolute Gasteiger partial charge is 0.465 e. The van der Waals surface area contributed by atoms with Crippen LogP contribution in [0.1, 0.15) is 228 Å². The molecule has 3 unspecified atom stereocenters. The lowest BCUT2D eigenvalue weighted by molar-refractivity contribution is -0.161. The number of carbonyl (C=O) groups excluding carboxylic acids is 6. The Bertz CT molecular complexity index is 1450. The molecule has 3 atom stereocenters. The minimum atomic E-state index is -0.949. The highest BCUT2D eigenvalue weighted by molar-refractivity contribution is 8.13. The Morgan fingerprint density at radius 1 is 0.438 bits per heavy atom. The second-order valence-electron chi connectivity index (χ2n) is 21.4. The number of hydrogen-bond donors (Lipinski definition) is 0. The maximum atomic E-state index is 13.5. The van der Waals surface area contributed by atoms with Gasteiger partial charge in [-0.1, -0.05) is 156 Å². The molecule has 0 radical (unpaired) electrons. The van der Waals surface area contributed by atoms with Crippen LogP contribution in [0.4, 0.5) is 4.79 Å². The molecule has 0 bridgehead atoms. The Labute approximate surface area is 447 Å². The van der Waals surface area contributed by atoms with Gasteiger partial charge in [0.15, 0.2) is 6.29 Å². The molecule has 0 aromatic heterocycles. The minimum Gasteiger partial charge on any atom is -0.465 e. The quantitative estimate of drug-likeness (QED) is 0.0243. The monoisotopic (exact) mass is 1060 g/mol. The standard InChI is InChI=1S/C57H104N2O13S/c1-9-13-17-21-25-32-48-54(72-48)71-47-57(6,45-68-51(62)35-28-24-20-16-12-4)46-70-53(64)37-30-40-59(55(65)73-41-31-38-58(7)8)39-29-36-52(63)69-44-56(5,42-66-49(60)33-26-22-18-14-10-2)43-67-50(61)34-27-23-19-15-11-3/h48,54H,9-47H2,1-8H3. The lowest BCUT2D eigenvalue weighted by Crippen LogP contribution is -2.37. The molecular weight excluding hydrogens is 953 g/mol. The smallest absolute Gasteiger partial charge is 0.305 e. The zero-order chi connectivity index (χ0) is 54.0. The molecule has 0 saturated carbocycles. The van der Waals surface area contributed by atoms with Crippen molar-refractivity contribution in [3.05, 3.63) is 0 Å². The fourth-order valence-electron chi connectivity index (χ4n) is 7.97. The average molecular weight is 1060 g/mol. The minimum absolute atomic E-state index is 0.0152. The van der Waals surface area contributed by atoms with Gasteiger partial charge in [0.25, 0.3) is 5.24 Å². The van der Waals surface area contributed by atoms with Gasteiger partial charge in [0.2, 0.25) is 0 Å². The van der Waals surface area contributed by atoms with Gasteiger partial charge in [0.05, 0.1) is 17.4 Å². The SMILES string of the molecule is CCCCCCCC(=O)OCC(C)(COC(=O)CCCCCCC)COC(=O)CCCN(CCCC(=O)OCC(C)(COC(=O)CCCCCCC)COC1OC1CCCCCCC)C(=O)SCCCN(C)C. The van der Waals surface area contributed by atoms with Crippen molar-refractivity contribution in [1.82, 2.24) is 9.80 Å². The summed E-state index contributed by atoms with van der Waals surface area (Å²) in [5, 5.41) is -0.133. The number of hydrogen-bond acceptors (Lipinski definition) is 15. The first-order chi connectivity index (χ1) is 35.1. The first-order valence-corrected chi connectivity index (χ1v) is 29.7. The number of thioether (sulfide) groups is 1. The Balaban J connectivity index is 2.86. The van der Waals surface area contributed by atoms with Gasteiger partial charge in [-0.15, -0.1) is 0 Å². The molecule has 1 aliphatic heterocycles. The lowest BCUT2D eigenvalue weighted by Gasteiger charge is -2.28.